The maximum absolute atomic E-state index is 12.4. The summed E-state index contributed by atoms with van der Waals surface area (Å²) in [5.74, 6) is 0.0588. The van der Waals surface area contributed by atoms with Crippen LogP contribution < -0.4 is 5.32 Å². The first kappa shape index (κ1) is 17.3. The van der Waals surface area contributed by atoms with E-state index in [1.54, 1.807) is 23.9 Å². The zero-order valence-electron chi connectivity index (χ0n) is 14.4. The molecule has 1 unspecified atom stereocenters. The van der Waals surface area contributed by atoms with Crippen molar-refractivity contribution >= 4 is 17.4 Å². The van der Waals surface area contributed by atoms with Crippen molar-refractivity contribution in [3.05, 3.63) is 70.2 Å². The van der Waals surface area contributed by atoms with Gasteiger partial charge in [-0.2, -0.15) is 10.2 Å². The SMILES string of the molecule is Cc1nn(C(C)C(=O)Nc2ccn(Cc3ccccc3)n2)cc1[N+](=O)[O-]. The van der Waals surface area contributed by atoms with Gasteiger partial charge in [0.25, 0.3) is 0 Å². The maximum Gasteiger partial charge on any atom is 0.309 e. The highest BCUT2D eigenvalue weighted by Gasteiger charge is 2.22. The second-order valence-electron chi connectivity index (χ2n) is 5.89. The lowest BCUT2D eigenvalue weighted by molar-refractivity contribution is -0.385. The Balaban J connectivity index is 1.66. The molecular formula is C17H18N6O3. The predicted molar refractivity (Wildman–Crippen MR) is 94.7 cm³/mol. The molecule has 0 radical (unpaired) electrons. The fourth-order valence-corrected chi connectivity index (χ4v) is 2.49. The molecule has 134 valence electrons. The molecule has 3 aromatic rings. The third-order valence-electron chi connectivity index (χ3n) is 3.94. The molecule has 9 heteroatoms. The molecule has 0 bridgehead atoms. The molecule has 0 aliphatic rings. The van der Waals surface area contributed by atoms with E-state index in [0.717, 1.165) is 5.56 Å². The summed E-state index contributed by atoms with van der Waals surface area (Å²) in [7, 11) is 0. The molecule has 1 aromatic carbocycles. The highest BCUT2D eigenvalue weighted by Crippen LogP contribution is 2.19. The lowest BCUT2D eigenvalue weighted by Crippen LogP contribution is -2.24. The van der Waals surface area contributed by atoms with Crippen LogP contribution in [0.3, 0.4) is 0 Å². The highest BCUT2D eigenvalue weighted by molar-refractivity contribution is 5.92. The van der Waals surface area contributed by atoms with Crippen LogP contribution in [-0.2, 0) is 11.3 Å². The second kappa shape index (κ2) is 7.18. The topological polar surface area (TPSA) is 108 Å². The largest absolute Gasteiger partial charge is 0.309 e. The third kappa shape index (κ3) is 3.77. The average Bonchev–Trinajstić information content (AvgIpc) is 3.21. The van der Waals surface area contributed by atoms with E-state index in [-0.39, 0.29) is 17.3 Å². The van der Waals surface area contributed by atoms with E-state index in [0.29, 0.717) is 12.4 Å². The van der Waals surface area contributed by atoms with Crippen molar-refractivity contribution in [1.82, 2.24) is 19.6 Å². The summed E-state index contributed by atoms with van der Waals surface area (Å²) in [5.41, 5.74) is 1.25. The standard InChI is InChI=1S/C17H18N6O3/c1-12-15(23(25)26)11-22(19-12)13(2)17(24)18-16-8-9-21(20-16)10-14-6-4-3-5-7-14/h3-9,11,13H,10H2,1-2H3,(H,18,20,24). The lowest BCUT2D eigenvalue weighted by Gasteiger charge is -2.10. The molecule has 2 aromatic heterocycles. The minimum atomic E-state index is -0.707. The van der Waals surface area contributed by atoms with Gasteiger partial charge >= 0.3 is 5.69 Å². The van der Waals surface area contributed by atoms with Gasteiger partial charge in [0.2, 0.25) is 5.91 Å². The lowest BCUT2D eigenvalue weighted by atomic mass is 10.2. The number of carbonyl (C=O) groups excluding carboxylic acids is 1. The van der Waals surface area contributed by atoms with Crippen LogP contribution in [-0.4, -0.2) is 30.4 Å². The molecule has 1 atom stereocenters. The van der Waals surface area contributed by atoms with Crippen LogP contribution in [0.1, 0.15) is 24.2 Å². The smallest absolute Gasteiger partial charge is 0.307 e. The minimum absolute atomic E-state index is 0.114. The van der Waals surface area contributed by atoms with Crippen LogP contribution in [0.5, 0.6) is 0 Å². The molecule has 3 rings (SSSR count). The number of benzene rings is 1. The molecule has 9 nitrogen and oxygen atoms in total. The molecule has 0 saturated carbocycles. The highest BCUT2D eigenvalue weighted by atomic mass is 16.6. The van der Waals surface area contributed by atoms with Gasteiger partial charge in [-0.15, -0.1) is 0 Å². The molecule has 2 heterocycles. The van der Waals surface area contributed by atoms with E-state index in [1.807, 2.05) is 30.3 Å². The first-order valence-electron chi connectivity index (χ1n) is 8.02. The van der Waals surface area contributed by atoms with Gasteiger partial charge in [-0.1, -0.05) is 30.3 Å². The summed E-state index contributed by atoms with van der Waals surface area (Å²) < 4.78 is 3.00. The first-order chi connectivity index (χ1) is 12.4. The maximum atomic E-state index is 12.4. The number of aryl methyl sites for hydroxylation is 1. The van der Waals surface area contributed by atoms with Gasteiger partial charge in [0.15, 0.2) is 5.82 Å². The number of anilines is 1. The molecule has 1 amide bonds. The number of hydrogen-bond acceptors (Lipinski definition) is 5. The molecule has 0 fully saturated rings. The zero-order valence-corrected chi connectivity index (χ0v) is 14.4. The van der Waals surface area contributed by atoms with E-state index in [1.165, 1.54) is 17.8 Å². The summed E-state index contributed by atoms with van der Waals surface area (Å²) in [6.07, 6.45) is 3.03. The summed E-state index contributed by atoms with van der Waals surface area (Å²) in [4.78, 5) is 22.8. The summed E-state index contributed by atoms with van der Waals surface area (Å²) >= 11 is 0. The predicted octanol–water partition coefficient (Wildman–Crippen LogP) is 2.54. The fraction of sp³-hybridized carbons (Fsp3) is 0.235. The van der Waals surface area contributed by atoms with Crippen molar-refractivity contribution in [1.29, 1.82) is 0 Å². The number of amides is 1. The number of nitro groups is 1. The zero-order chi connectivity index (χ0) is 18.7. The van der Waals surface area contributed by atoms with Gasteiger partial charge < -0.3 is 5.32 Å². The summed E-state index contributed by atoms with van der Waals surface area (Å²) in [5, 5.41) is 22.0. The Bertz CT molecular complexity index is 931. The van der Waals surface area contributed by atoms with E-state index in [4.69, 9.17) is 0 Å². The van der Waals surface area contributed by atoms with Gasteiger partial charge in [-0.05, 0) is 19.4 Å². The second-order valence-corrected chi connectivity index (χ2v) is 5.89. The molecule has 0 saturated heterocycles. The van der Waals surface area contributed by atoms with Gasteiger partial charge in [0.05, 0.1) is 11.5 Å². The van der Waals surface area contributed by atoms with Crippen molar-refractivity contribution in [2.24, 2.45) is 0 Å². The third-order valence-corrected chi connectivity index (χ3v) is 3.94. The van der Waals surface area contributed by atoms with Crippen LogP contribution in [0, 0.1) is 17.0 Å². The van der Waals surface area contributed by atoms with Gasteiger partial charge in [0, 0.05) is 12.3 Å². The molecule has 26 heavy (non-hydrogen) atoms. The summed E-state index contributed by atoms with van der Waals surface area (Å²) in [6, 6.07) is 10.8. The fourth-order valence-electron chi connectivity index (χ4n) is 2.49. The van der Waals surface area contributed by atoms with Crippen molar-refractivity contribution in [2.75, 3.05) is 5.32 Å². The molecular weight excluding hydrogens is 336 g/mol. The van der Waals surface area contributed by atoms with Gasteiger partial charge in [-0.3, -0.25) is 24.3 Å². The number of nitrogens with zero attached hydrogens (tertiary/aromatic N) is 5. The van der Waals surface area contributed by atoms with E-state index in [9.17, 15) is 14.9 Å². The number of nitrogens with one attached hydrogen (secondary N) is 1. The van der Waals surface area contributed by atoms with Crippen molar-refractivity contribution in [2.45, 2.75) is 26.4 Å². The number of hydrogen-bond donors (Lipinski definition) is 1. The van der Waals surface area contributed by atoms with Crippen LogP contribution in [0.4, 0.5) is 11.5 Å². The summed E-state index contributed by atoms with van der Waals surface area (Å²) in [6.45, 7) is 3.74. The van der Waals surface area contributed by atoms with Crippen molar-refractivity contribution in [3.8, 4) is 0 Å². The van der Waals surface area contributed by atoms with E-state index >= 15 is 0 Å². The Hall–Kier alpha value is -3.49. The first-order valence-corrected chi connectivity index (χ1v) is 8.02. The van der Waals surface area contributed by atoms with Crippen LogP contribution in [0.25, 0.3) is 0 Å². The Morgan fingerprint density at radius 3 is 2.65 bits per heavy atom. The Labute approximate surface area is 149 Å². The Morgan fingerprint density at radius 1 is 1.27 bits per heavy atom. The minimum Gasteiger partial charge on any atom is -0.307 e. The normalized spacial score (nSPS) is 11.9. The molecule has 0 aliphatic carbocycles. The average molecular weight is 354 g/mol. The number of rotatable bonds is 6. The van der Waals surface area contributed by atoms with E-state index < -0.39 is 11.0 Å². The monoisotopic (exact) mass is 354 g/mol. The number of aromatic nitrogens is 4. The Morgan fingerprint density at radius 2 is 2.00 bits per heavy atom. The van der Waals surface area contributed by atoms with Crippen molar-refractivity contribution in [3.63, 3.8) is 0 Å². The van der Waals surface area contributed by atoms with Gasteiger partial charge in [-0.25, -0.2) is 0 Å². The number of carbonyl (C=O) groups is 1. The van der Waals surface area contributed by atoms with Crippen molar-refractivity contribution < 1.29 is 9.72 Å². The molecule has 1 N–H and O–H groups in total. The molecule has 0 aliphatic heterocycles. The Kier molecular flexibility index (Phi) is 4.78. The quantitative estimate of drug-likeness (QED) is 0.540. The van der Waals surface area contributed by atoms with Gasteiger partial charge in [0.1, 0.15) is 17.9 Å². The van der Waals surface area contributed by atoms with Crippen LogP contribution in [0.15, 0.2) is 48.8 Å². The van der Waals surface area contributed by atoms with Crippen LogP contribution >= 0.6 is 0 Å². The molecule has 0 spiro atoms. The van der Waals surface area contributed by atoms with Crippen LogP contribution in [0.2, 0.25) is 0 Å². The van der Waals surface area contributed by atoms with E-state index in [2.05, 4.69) is 15.5 Å².